The second-order valence-corrected chi connectivity index (χ2v) is 6.57. The fourth-order valence-corrected chi connectivity index (χ4v) is 3.05. The number of amides is 1. The van der Waals surface area contributed by atoms with Gasteiger partial charge in [-0.15, -0.1) is 0 Å². The summed E-state index contributed by atoms with van der Waals surface area (Å²) < 4.78 is 10.9. The molecule has 0 spiro atoms. The number of ether oxygens (including phenoxy) is 2. The van der Waals surface area contributed by atoms with Gasteiger partial charge in [0.1, 0.15) is 11.5 Å². The molecule has 0 atom stereocenters. The fraction of sp³-hybridized carbons (Fsp3) is 0.333. The van der Waals surface area contributed by atoms with Crippen molar-refractivity contribution < 1.29 is 19.4 Å². The molecule has 2 N–H and O–H groups in total. The molecule has 28 heavy (non-hydrogen) atoms. The molecule has 7 nitrogen and oxygen atoms in total. The van der Waals surface area contributed by atoms with Crippen LogP contribution in [-0.2, 0) is 11.3 Å². The Kier molecular flexibility index (Phi) is 6.62. The molecule has 7 heteroatoms. The Morgan fingerprint density at radius 3 is 2.71 bits per heavy atom. The number of hydrogen-bond donors (Lipinski definition) is 2. The van der Waals surface area contributed by atoms with E-state index < -0.39 is 5.91 Å². The first-order chi connectivity index (χ1) is 13.6. The first-order valence-electron chi connectivity index (χ1n) is 9.18. The standard InChI is InChI=1S/C21H25N3O4/c1-15(22-23-21(26)18-5-3-4-6-19(18)25)16-7-8-20(27-2)17(13-16)14-24-9-11-28-12-10-24/h3-8,13,25H,9-12,14H2,1-2H3,(H,23,26)/b22-15-. The van der Waals surface area contributed by atoms with Crippen LogP contribution in [0.1, 0.15) is 28.4 Å². The highest BCUT2D eigenvalue weighted by atomic mass is 16.5. The Morgan fingerprint density at radius 2 is 2.00 bits per heavy atom. The van der Waals surface area contributed by atoms with Gasteiger partial charge in [0, 0.05) is 25.2 Å². The van der Waals surface area contributed by atoms with E-state index in [0.717, 1.165) is 49.7 Å². The zero-order valence-electron chi connectivity index (χ0n) is 16.1. The van der Waals surface area contributed by atoms with Crippen LogP contribution in [0.15, 0.2) is 47.6 Å². The number of nitrogens with zero attached hydrogens (tertiary/aromatic N) is 2. The molecule has 1 aliphatic rings. The first kappa shape index (κ1) is 19.9. The summed E-state index contributed by atoms with van der Waals surface area (Å²) in [5.74, 6) is 0.283. The van der Waals surface area contributed by atoms with E-state index >= 15 is 0 Å². The van der Waals surface area contributed by atoms with Crippen LogP contribution >= 0.6 is 0 Å². The van der Waals surface area contributed by atoms with Crippen molar-refractivity contribution in [1.82, 2.24) is 10.3 Å². The molecule has 2 aromatic rings. The summed E-state index contributed by atoms with van der Waals surface area (Å²) >= 11 is 0. The Labute approximate surface area is 164 Å². The number of carbonyl (C=O) groups is 1. The van der Waals surface area contributed by atoms with Gasteiger partial charge >= 0.3 is 0 Å². The fourth-order valence-electron chi connectivity index (χ4n) is 3.05. The Balaban J connectivity index is 1.74. The molecule has 0 unspecified atom stereocenters. The number of aromatic hydroxyl groups is 1. The van der Waals surface area contributed by atoms with E-state index in [-0.39, 0.29) is 11.3 Å². The number of rotatable bonds is 6. The van der Waals surface area contributed by atoms with Gasteiger partial charge in [-0.3, -0.25) is 9.69 Å². The lowest BCUT2D eigenvalue weighted by Gasteiger charge is -2.27. The van der Waals surface area contributed by atoms with Crippen molar-refractivity contribution >= 4 is 11.6 Å². The van der Waals surface area contributed by atoms with Crippen LogP contribution in [0.3, 0.4) is 0 Å². The van der Waals surface area contributed by atoms with Gasteiger partial charge in [0.15, 0.2) is 0 Å². The number of hydrazone groups is 1. The summed E-state index contributed by atoms with van der Waals surface area (Å²) in [7, 11) is 1.66. The molecule has 3 rings (SSSR count). The van der Waals surface area contributed by atoms with Gasteiger partial charge in [0.2, 0.25) is 0 Å². The van der Waals surface area contributed by atoms with Crippen molar-refractivity contribution in [1.29, 1.82) is 0 Å². The summed E-state index contributed by atoms with van der Waals surface area (Å²) in [5, 5.41) is 14.0. The van der Waals surface area contributed by atoms with Crippen molar-refractivity contribution in [3.8, 4) is 11.5 Å². The largest absolute Gasteiger partial charge is 0.507 e. The molecule has 0 aliphatic carbocycles. The number of benzene rings is 2. The highest BCUT2D eigenvalue weighted by Crippen LogP contribution is 2.22. The average Bonchev–Trinajstić information content (AvgIpc) is 2.73. The third kappa shape index (κ3) is 4.88. The summed E-state index contributed by atoms with van der Waals surface area (Å²) in [6.07, 6.45) is 0. The van der Waals surface area contributed by atoms with Crippen molar-refractivity contribution in [2.24, 2.45) is 5.10 Å². The Bertz CT molecular complexity index is 860. The van der Waals surface area contributed by atoms with Crippen molar-refractivity contribution in [2.45, 2.75) is 13.5 Å². The van der Waals surface area contributed by atoms with E-state index in [1.54, 1.807) is 25.3 Å². The Morgan fingerprint density at radius 1 is 1.25 bits per heavy atom. The number of hydrogen-bond acceptors (Lipinski definition) is 6. The smallest absolute Gasteiger partial charge is 0.275 e. The van der Waals surface area contributed by atoms with Gasteiger partial charge in [-0.2, -0.15) is 5.10 Å². The predicted molar refractivity (Wildman–Crippen MR) is 107 cm³/mol. The molecule has 0 saturated carbocycles. The predicted octanol–water partition coefficient (Wildman–Crippen LogP) is 2.39. The molecule has 1 aliphatic heterocycles. The van der Waals surface area contributed by atoms with Crippen molar-refractivity contribution in [3.05, 3.63) is 59.2 Å². The number of para-hydroxylation sites is 1. The minimum absolute atomic E-state index is 0.0786. The molecule has 148 valence electrons. The summed E-state index contributed by atoms with van der Waals surface area (Å²) in [5.41, 5.74) is 5.29. The van der Waals surface area contributed by atoms with E-state index in [9.17, 15) is 9.90 Å². The minimum Gasteiger partial charge on any atom is -0.507 e. The Hall–Kier alpha value is -2.90. The van der Waals surface area contributed by atoms with E-state index in [0.29, 0.717) is 5.71 Å². The number of methoxy groups -OCH3 is 1. The lowest BCUT2D eigenvalue weighted by atomic mass is 10.1. The van der Waals surface area contributed by atoms with Crippen LogP contribution in [0.4, 0.5) is 0 Å². The quantitative estimate of drug-likeness (QED) is 0.591. The summed E-state index contributed by atoms with van der Waals surface area (Å²) in [6.45, 7) is 5.83. The van der Waals surface area contributed by atoms with Gasteiger partial charge in [0.25, 0.3) is 5.91 Å². The molecule has 0 bridgehead atoms. The van der Waals surface area contributed by atoms with Gasteiger partial charge in [-0.1, -0.05) is 12.1 Å². The highest BCUT2D eigenvalue weighted by molar-refractivity contribution is 6.01. The lowest BCUT2D eigenvalue weighted by molar-refractivity contribution is 0.0339. The van der Waals surface area contributed by atoms with Crippen molar-refractivity contribution in [3.63, 3.8) is 0 Å². The zero-order valence-corrected chi connectivity index (χ0v) is 16.1. The SMILES string of the molecule is COc1ccc(/C(C)=N\NC(=O)c2ccccc2O)cc1CN1CCOCC1. The van der Waals surface area contributed by atoms with Gasteiger partial charge in [-0.05, 0) is 42.8 Å². The molecule has 2 aromatic carbocycles. The van der Waals surface area contributed by atoms with E-state index in [2.05, 4.69) is 15.4 Å². The van der Waals surface area contributed by atoms with Crippen molar-refractivity contribution in [2.75, 3.05) is 33.4 Å². The van der Waals surface area contributed by atoms with Crippen LogP contribution < -0.4 is 10.2 Å². The molecule has 1 amide bonds. The normalized spacial score (nSPS) is 15.3. The monoisotopic (exact) mass is 383 g/mol. The van der Waals surface area contributed by atoms with Crippen LogP contribution in [-0.4, -0.2) is 55.0 Å². The third-order valence-electron chi connectivity index (χ3n) is 4.67. The van der Waals surface area contributed by atoms with Gasteiger partial charge in [-0.25, -0.2) is 5.43 Å². The zero-order chi connectivity index (χ0) is 19.9. The molecule has 1 heterocycles. The molecule has 1 fully saturated rings. The molecule has 0 aromatic heterocycles. The van der Waals surface area contributed by atoms with Crippen LogP contribution in [0.5, 0.6) is 11.5 Å². The second kappa shape index (κ2) is 9.34. The van der Waals surface area contributed by atoms with Gasteiger partial charge < -0.3 is 14.6 Å². The van der Waals surface area contributed by atoms with E-state index in [1.807, 2.05) is 25.1 Å². The highest BCUT2D eigenvalue weighted by Gasteiger charge is 2.15. The summed E-state index contributed by atoms with van der Waals surface area (Å²) in [4.78, 5) is 14.5. The topological polar surface area (TPSA) is 83.4 Å². The second-order valence-electron chi connectivity index (χ2n) is 6.57. The molecule has 1 saturated heterocycles. The van der Waals surface area contributed by atoms with E-state index in [4.69, 9.17) is 9.47 Å². The average molecular weight is 383 g/mol. The maximum absolute atomic E-state index is 12.2. The summed E-state index contributed by atoms with van der Waals surface area (Å²) in [6, 6.07) is 12.2. The van der Waals surface area contributed by atoms with Crippen LogP contribution in [0.2, 0.25) is 0 Å². The van der Waals surface area contributed by atoms with Crippen LogP contribution in [0.25, 0.3) is 0 Å². The number of carbonyl (C=O) groups excluding carboxylic acids is 1. The third-order valence-corrected chi connectivity index (χ3v) is 4.67. The number of nitrogens with one attached hydrogen (secondary N) is 1. The molecular weight excluding hydrogens is 358 g/mol. The number of phenolic OH excluding ortho intramolecular Hbond substituents is 1. The lowest BCUT2D eigenvalue weighted by Crippen LogP contribution is -2.35. The molecular formula is C21H25N3O4. The van der Waals surface area contributed by atoms with Gasteiger partial charge in [0.05, 0.1) is 31.6 Å². The number of phenols is 1. The number of morpholine rings is 1. The maximum Gasteiger partial charge on any atom is 0.275 e. The first-order valence-corrected chi connectivity index (χ1v) is 9.18. The minimum atomic E-state index is -0.459. The molecule has 0 radical (unpaired) electrons. The van der Waals surface area contributed by atoms with E-state index in [1.165, 1.54) is 6.07 Å². The van der Waals surface area contributed by atoms with Crippen LogP contribution in [0, 0.1) is 0 Å². The maximum atomic E-state index is 12.2.